The first-order chi connectivity index (χ1) is 17.3. The van der Waals surface area contributed by atoms with Crippen LogP contribution in [0.25, 0.3) is 16.8 Å². The molecule has 0 spiro atoms. The minimum Gasteiger partial charge on any atom is -0.479 e. The highest BCUT2D eigenvalue weighted by molar-refractivity contribution is 6.30. The maximum Gasteiger partial charge on any atom is 0.348 e. The number of amides is 1. The monoisotopic (exact) mass is 506 g/mol. The van der Waals surface area contributed by atoms with Gasteiger partial charge in [-0.25, -0.2) is 9.59 Å². The largest absolute Gasteiger partial charge is 0.479 e. The molecule has 1 aromatic heterocycles. The zero-order chi connectivity index (χ0) is 25.7. The minimum atomic E-state index is -1.68. The van der Waals surface area contributed by atoms with E-state index in [9.17, 15) is 19.5 Å². The van der Waals surface area contributed by atoms with Gasteiger partial charge in [0.1, 0.15) is 0 Å². The smallest absolute Gasteiger partial charge is 0.348 e. The van der Waals surface area contributed by atoms with Gasteiger partial charge in [-0.05, 0) is 47.4 Å². The second-order valence-corrected chi connectivity index (χ2v) is 8.63. The summed E-state index contributed by atoms with van der Waals surface area (Å²) in [4.78, 5) is 38.8. The molecule has 0 fully saturated rings. The van der Waals surface area contributed by atoms with Gasteiger partial charge in [-0.15, -0.1) is 5.10 Å². The van der Waals surface area contributed by atoms with E-state index in [1.165, 1.54) is 0 Å². The topological polar surface area (TPSA) is 137 Å². The Kier molecular flexibility index (Phi) is 7.62. The molecule has 0 aliphatic carbocycles. The molecule has 4 rings (SSSR count). The molecule has 0 saturated carbocycles. The molecule has 0 radical (unpaired) electrons. The molecule has 1 amide bonds. The molecule has 184 valence electrons. The maximum absolute atomic E-state index is 12.9. The number of aromatic amines is 1. The summed E-state index contributed by atoms with van der Waals surface area (Å²) in [6.07, 6.45) is -1.67. The zero-order valence-electron chi connectivity index (χ0n) is 19.0. The summed E-state index contributed by atoms with van der Waals surface area (Å²) in [5, 5.41) is 26.5. The number of nitrogens with one attached hydrogen (secondary N) is 2. The van der Waals surface area contributed by atoms with Crippen LogP contribution in [0.1, 0.15) is 22.6 Å². The molecule has 0 aliphatic heterocycles. The normalized spacial score (nSPS) is 12.6. The van der Waals surface area contributed by atoms with Crippen molar-refractivity contribution in [3.63, 3.8) is 0 Å². The van der Waals surface area contributed by atoms with Gasteiger partial charge in [0, 0.05) is 17.5 Å². The lowest BCUT2D eigenvalue weighted by Crippen LogP contribution is -2.41. The lowest BCUT2D eigenvalue weighted by molar-refractivity contribution is -0.147. The predicted octanol–water partition coefficient (Wildman–Crippen LogP) is 3.06. The standard InChI is InChI=1S/C26H23ClN4O5/c27-19-6-4-5-18(14-19)17-11-9-16(10-12-17)13-20(15-22(32)25(34)35)28-24(33)23-29-26(36)31(30-23)21-7-2-1-3-8-21/h1-12,14,20,22,32H,13,15H2,(H,28,33)(H,34,35)(H,29,30,36)/t20-,22-/m1/s1. The second-order valence-electron chi connectivity index (χ2n) is 8.20. The van der Waals surface area contributed by atoms with Crippen LogP contribution in [-0.4, -0.2) is 49.0 Å². The Hall–Kier alpha value is -4.21. The van der Waals surface area contributed by atoms with Crippen molar-refractivity contribution in [1.82, 2.24) is 20.1 Å². The molecule has 0 bridgehead atoms. The van der Waals surface area contributed by atoms with Crippen molar-refractivity contribution >= 4 is 23.5 Å². The SMILES string of the molecule is O=C(N[C@H](Cc1ccc(-c2cccc(Cl)c2)cc1)C[C@@H](O)C(=O)O)c1nn(-c2ccccc2)c(=O)[nH]1. The van der Waals surface area contributed by atoms with Gasteiger partial charge in [0.25, 0.3) is 5.91 Å². The van der Waals surface area contributed by atoms with Crippen molar-refractivity contribution in [2.24, 2.45) is 0 Å². The van der Waals surface area contributed by atoms with Crippen molar-refractivity contribution in [2.75, 3.05) is 0 Å². The number of aliphatic hydroxyl groups excluding tert-OH is 1. The Morgan fingerprint density at radius 3 is 2.39 bits per heavy atom. The minimum absolute atomic E-state index is 0.227. The second kappa shape index (κ2) is 11.0. The van der Waals surface area contributed by atoms with Gasteiger partial charge in [0.2, 0.25) is 5.82 Å². The summed E-state index contributed by atoms with van der Waals surface area (Å²) in [6, 6.07) is 22.8. The number of carbonyl (C=O) groups is 2. The molecular formula is C26H23ClN4O5. The maximum atomic E-state index is 12.9. The zero-order valence-corrected chi connectivity index (χ0v) is 19.7. The van der Waals surface area contributed by atoms with Gasteiger partial charge in [0.15, 0.2) is 6.10 Å². The van der Waals surface area contributed by atoms with Crippen LogP contribution >= 0.6 is 11.6 Å². The van der Waals surface area contributed by atoms with Gasteiger partial charge in [0.05, 0.1) is 5.69 Å². The number of hydrogen-bond donors (Lipinski definition) is 4. The van der Waals surface area contributed by atoms with Gasteiger partial charge in [-0.3, -0.25) is 9.78 Å². The number of rotatable bonds is 9. The molecule has 4 N–H and O–H groups in total. The van der Waals surface area contributed by atoms with Crippen LogP contribution in [0.3, 0.4) is 0 Å². The van der Waals surface area contributed by atoms with Gasteiger partial charge < -0.3 is 15.5 Å². The van der Waals surface area contributed by atoms with Crippen LogP contribution in [0.4, 0.5) is 0 Å². The summed E-state index contributed by atoms with van der Waals surface area (Å²) >= 11 is 6.07. The van der Waals surface area contributed by atoms with E-state index in [2.05, 4.69) is 15.4 Å². The molecule has 1 heterocycles. The van der Waals surface area contributed by atoms with Gasteiger partial charge in [-0.1, -0.05) is 66.2 Å². The lowest BCUT2D eigenvalue weighted by Gasteiger charge is -2.20. The molecule has 0 aliphatic rings. The number of hydrogen-bond acceptors (Lipinski definition) is 5. The van der Waals surface area contributed by atoms with E-state index in [0.717, 1.165) is 21.4 Å². The van der Waals surface area contributed by atoms with E-state index in [-0.39, 0.29) is 18.7 Å². The van der Waals surface area contributed by atoms with Crippen molar-refractivity contribution in [3.05, 3.63) is 106 Å². The first kappa shape index (κ1) is 24.9. The van der Waals surface area contributed by atoms with E-state index in [4.69, 9.17) is 16.7 Å². The Labute approximate surface area is 211 Å². The fourth-order valence-electron chi connectivity index (χ4n) is 3.77. The Morgan fingerprint density at radius 2 is 1.72 bits per heavy atom. The van der Waals surface area contributed by atoms with Crippen molar-refractivity contribution < 1.29 is 19.8 Å². The number of nitrogens with zero attached hydrogens (tertiary/aromatic N) is 2. The van der Waals surface area contributed by atoms with Gasteiger partial charge in [-0.2, -0.15) is 4.68 Å². The van der Waals surface area contributed by atoms with E-state index in [1.807, 2.05) is 42.5 Å². The fourth-order valence-corrected chi connectivity index (χ4v) is 3.96. The number of carboxylic acid groups (broad SMARTS) is 1. The number of H-pyrrole nitrogens is 1. The molecule has 9 nitrogen and oxygen atoms in total. The van der Waals surface area contributed by atoms with Crippen LogP contribution in [0.15, 0.2) is 83.7 Å². The Balaban J connectivity index is 1.52. The number of aliphatic carboxylic acids is 1. The third-order valence-corrected chi connectivity index (χ3v) is 5.79. The molecule has 0 unspecified atom stereocenters. The Morgan fingerprint density at radius 1 is 1.00 bits per heavy atom. The number of aromatic nitrogens is 3. The molecule has 10 heteroatoms. The average molecular weight is 507 g/mol. The third-order valence-electron chi connectivity index (χ3n) is 5.56. The number of benzene rings is 3. The lowest BCUT2D eigenvalue weighted by atomic mass is 9.98. The predicted molar refractivity (Wildman–Crippen MR) is 134 cm³/mol. The van der Waals surface area contributed by atoms with Crippen LogP contribution in [0, 0.1) is 0 Å². The van der Waals surface area contributed by atoms with Crippen molar-refractivity contribution in [1.29, 1.82) is 0 Å². The average Bonchev–Trinajstić information content (AvgIpc) is 3.26. The molecule has 4 aromatic rings. The van der Waals surface area contributed by atoms with Crippen LogP contribution in [0.5, 0.6) is 0 Å². The number of carbonyl (C=O) groups excluding carboxylic acids is 1. The molecule has 3 aromatic carbocycles. The van der Waals surface area contributed by atoms with E-state index < -0.39 is 29.7 Å². The Bertz CT molecular complexity index is 1420. The summed E-state index contributed by atoms with van der Waals surface area (Å²) < 4.78 is 1.06. The van der Waals surface area contributed by atoms with Crippen LogP contribution in [0.2, 0.25) is 5.02 Å². The molecular weight excluding hydrogens is 484 g/mol. The highest BCUT2D eigenvalue weighted by Crippen LogP contribution is 2.23. The van der Waals surface area contributed by atoms with Crippen LogP contribution < -0.4 is 11.0 Å². The highest BCUT2D eigenvalue weighted by Gasteiger charge is 2.24. The van der Waals surface area contributed by atoms with Gasteiger partial charge >= 0.3 is 11.7 Å². The summed E-state index contributed by atoms with van der Waals surface area (Å²) in [5.74, 6) is -2.32. The third kappa shape index (κ3) is 6.07. The van der Waals surface area contributed by atoms with E-state index in [1.54, 1.807) is 36.4 Å². The summed E-state index contributed by atoms with van der Waals surface area (Å²) in [5.41, 5.74) is 2.59. The first-order valence-electron chi connectivity index (χ1n) is 11.1. The number of carboxylic acids is 1. The van der Waals surface area contributed by atoms with E-state index in [0.29, 0.717) is 10.7 Å². The van der Waals surface area contributed by atoms with E-state index >= 15 is 0 Å². The first-order valence-corrected chi connectivity index (χ1v) is 11.5. The summed E-state index contributed by atoms with van der Waals surface area (Å²) in [6.45, 7) is 0. The fraction of sp³-hybridized carbons (Fsp3) is 0.154. The number of halogens is 1. The molecule has 36 heavy (non-hydrogen) atoms. The van der Waals surface area contributed by atoms with Crippen molar-refractivity contribution in [2.45, 2.75) is 25.0 Å². The number of para-hydroxylation sites is 1. The van der Waals surface area contributed by atoms with Crippen molar-refractivity contribution in [3.8, 4) is 16.8 Å². The quantitative estimate of drug-likeness (QED) is 0.275. The highest BCUT2D eigenvalue weighted by atomic mass is 35.5. The van der Waals surface area contributed by atoms with Crippen LogP contribution in [-0.2, 0) is 11.2 Å². The number of aliphatic hydroxyl groups is 1. The molecule has 0 saturated heterocycles. The molecule has 2 atom stereocenters. The summed E-state index contributed by atoms with van der Waals surface area (Å²) in [7, 11) is 0.